The SMILES string of the molecule is CCCCCCC/C=C\CCCCCCCCOCC(COC1OC(CO)C(O)C(OS(=O)(=O)O)C1O)OC(=O)CCCCCCCCCCCCCCCCC. The largest absolute Gasteiger partial charge is 0.457 e. The van der Waals surface area contributed by atoms with E-state index in [0.29, 0.717) is 13.0 Å². The number of ether oxygens (including phenoxy) is 4. The first-order valence-electron chi connectivity index (χ1n) is 22.9. The van der Waals surface area contributed by atoms with Gasteiger partial charge in [0.25, 0.3) is 0 Å². The van der Waals surface area contributed by atoms with Gasteiger partial charge in [0, 0.05) is 13.0 Å². The third-order valence-corrected chi connectivity index (χ3v) is 11.1. The molecule has 0 aromatic rings. The molecular formula is C44H84O12S. The summed E-state index contributed by atoms with van der Waals surface area (Å²) in [5, 5.41) is 30.6. The molecule has 1 aliphatic heterocycles. The first-order valence-corrected chi connectivity index (χ1v) is 24.3. The molecule has 1 aliphatic rings. The maximum atomic E-state index is 12.8. The first kappa shape index (κ1) is 53.9. The van der Waals surface area contributed by atoms with Crippen molar-refractivity contribution < 1.29 is 56.2 Å². The van der Waals surface area contributed by atoms with E-state index >= 15 is 0 Å². The highest BCUT2D eigenvalue weighted by Gasteiger charge is 2.48. The molecule has 338 valence electrons. The Labute approximate surface area is 347 Å². The van der Waals surface area contributed by atoms with E-state index in [-0.39, 0.29) is 19.6 Å². The maximum Gasteiger partial charge on any atom is 0.397 e. The molecule has 13 heteroatoms. The van der Waals surface area contributed by atoms with Crippen LogP contribution in [0.5, 0.6) is 0 Å². The van der Waals surface area contributed by atoms with Crippen LogP contribution >= 0.6 is 0 Å². The van der Waals surface area contributed by atoms with Crippen molar-refractivity contribution in [1.82, 2.24) is 0 Å². The number of hydrogen-bond donors (Lipinski definition) is 4. The summed E-state index contributed by atoms with van der Waals surface area (Å²) >= 11 is 0. The van der Waals surface area contributed by atoms with Crippen molar-refractivity contribution in [2.75, 3.05) is 26.4 Å². The number of carbonyl (C=O) groups excluding carboxylic acids is 1. The molecule has 0 aliphatic carbocycles. The quantitative estimate of drug-likeness (QED) is 0.0199. The minimum Gasteiger partial charge on any atom is -0.457 e. The maximum absolute atomic E-state index is 12.8. The third kappa shape index (κ3) is 30.5. The van der Waals surface area contributed by atoms with E-state index in [1.165, 1.54) is 128 Å². The second-order valence-electron chi connectivity index (χ2n) is 16.0. The van der Waals surface area contributed by atoms with Crippen LogP contribution in [-0.2, 0) is 38.3 Å². The van der Waals surface area contributed by atoms with Gasteiger partial charge in [0.2, 0.25) is 0 Å². The summed E-state index contributed by atoms with van der Waals surface area (Å²) in [6, 6.07) is 0. The van der Waals surface area contributed by atoms with Crippen LogP contribution in [0.2, 0.25) is 0 Å². The van der Waals surface area contributed by atoms with Gasteiger partial charge < -0.3 is 34.3 Å². The Morgan fingerprint density at radius 2 is 1.11 bits per heavy atom. The predicted octanol–water partition coefficient (Wildman–Crippen LogP) is 9.47. The van der Waals surface area contributed by atoms with Gasteiger partial charge >= 0.3 is 16.4 Å². The molecule has 1 fully saturated rings. The number of hydrogen-bond acceptors (Lipinski definition) is 11. The zero-order chi connectivity index (χ0) is 41.8. The van der Waals surface area contributed by atoms with Gasteiger partial charge in [0.05, 0.1) is 19.8 Å². The molecule has 1 heterocycles. The summed E-state index contributed by atoms with van der Waals surface area (Å²) in [6.45, 7) is 3.99. The lowest BCUT2D eigenvalue weighted by atomic mass is 9.99. The lowest BCUT2D eigenvalue weighted by Gasteiger charge is -2.41. The monoisotopic (exact) mass is 837 g/mol. The highest BCUT2D eigenvalue weighted by atomic mass is 32.3. The molecule has 0 spiro atoms. The number of aliphatic hydroxyl groups excluding tert-OH is 3. The molecule has 6 atom stereocenters. The van der Waals surface area contributed by atoms with Crippen LogP contribution in [0.4, 0.5) is 0 Å². The number of aliphatic hydroxyl groups is 3. The normalized spacial score (nSPS) is 20.7. The van der Waals surface area contributed by atoms with Crippen molar-refractivity contribution in [1.29, 1.82) is 0 Å². The Kier molecular flexibility index (Phi) is 34.6. The Morgan fingerprint density at radius 1 is 0.649 bits per heavy atom. The topological polar surface area (TPSA) is 178 Å². The van der Waals surface area contributed by atoms with E-state index in [4.69, 9.17) is 23.5 Å². The standard InChI is InChI=1S/C44H84O12S/c1-3-5-7-9-11-13-15-17-19-21-23-25-27-29-31-33-40(46)54-38(37-53-44-42(48)43(56-57(49,50)51)41(47)39(35-45)55-44)36-52-34-32-30-28-26-24-22-20-18-16-14-12-10-8-6-4-2/h16,18,38-39,41-45,47-48H,3-15,17,19-37H2,1-2H3,(H,49,50,51)/b18-16-. The first-order chi connectivity index (χ1) is 27.6. The summed E-state index contributed by atoms with van der Waals surface area (Å²) in [6.07, 6.45) is 29.5. The Hall–Kier alpha value is -1.16. The van der Waals surface area contributed by atoms with Crippen LogP contribution in [0.15, 0.2) is 12.2 Å². The lowest BCUT2D eigenvalue weighted by Crippen LogP contribution is -2.60. The van der Waals surface area contributed by atoms with Crippen LogP contribution in [-0.4, -0.2) is 97.5 Å². The number of carbonyl (C=O) groups is 1. The fraction of sp³-hybridized carbons (Fsp3) is 0.932. The molecule has 0 aromatic carbocycles. The molecule has 0 saturated carbocycles. The van der Waals surface area contributed by atoms with E-state index in [2.05, 4.69) is 30.2 Å². The average molecular weight is 837 g/mol. The molecule has 12 nitrogen and oxygen atoms in total. The minimum atomic E-state index is -5.06. The van der Waals surface area contributed by atoms with E-state index in [1.807, 2.05) is 0 Å². The van der Waals surface area contributed by atoms with Crippen LogP contribution in [0.3, 0.4) is 0 Å². The molecule has 57 heavy (non-hydrogen) atoms. The third-order valence-electron chi connectivity index (χ3n) is 10.6. The Bertz CT molecular complexity index is 1060. The van der Waals surface area contributed by atoms with Gasteiger partial charge in [-0.3, -0.25) is 9.35 Å². The molecule has 1 saturated heterocycles. The Morgan fingerprint density at radius 3 is 1.58 bits per heavy atom. The zero-order valence-electron chi connectivity index (χ0n) is 35.9. The molecule has 6 unspecified atom stereocenters. The van der Waals surface area contributed by atoms with Crippen molar-refractivity contribution in [3.05, 3.63) is 12.2 Å². The highest BCUT2D eigenvalue weighted by molar-refractivity contribution is 7.80. The summed E-state index contributed by atoms with van der Waals surface area (Å²) in [5.41, 5.74) is 0. The van der Waals surface area contributed by atoms with Crippen LogP contribution in [0.1, 0.15) is 200 Å². The van der Waals surface area contributed by atoms with Crippen molar-refractivity contribution in [3.63, 3.8) is 0 Å². The van der Waals surface area contributed by atoms with E-state index in [0.717, 1.165) is 44.9 Å². The molecule has 0 amide bonds. The molecule has 0 aromatic heterocycles. The van der Waals surface area contributed by atoms with E-state index < -0.39 is 59.8 Å². The van der Waals surface area contributed by atoms with Gasteiger partial charge in [-0.25, -0.2) is 4.18 Å². The van der Waals surface area contributed by atoms with E-state index in [1.54, 1.807) is 0 Å². The van der Waals surface area contributed by atoms with Gasteiger partial charge in [-0.05, 0) is 38.5 Å². The zero-order valence-corrected chi connectivity index (χ0v) is 36.7. The molecule has 4 N–H and O–H groups in total. The van der Waals surface area contributed by atoms with Crippen molar-refractivity contribution in [2.24, 2.45) is 0 Å². The van der Waals surface area contributed by atoms with Crippen molar-refractivity contribution in [3.8, 4) is 0 Å². The van der Waals surface area contributed by atoms with Gasteiger partial charge in [-0.2, -0.15) is 8.42 Å². The van der Waals surface area contributed by atoms with Crippen LogP contribution in [0.25, 0.3) is 0 Å². The summed E-state index contributed by atoms with van der Waals surface area (Å²) < 4.78 is 59.0. The second-order valence-corrected chi connectivity index (χ2v) is 17.0. The second kappa shape index (κ2) is 36.7. The molecule has 0 radical (unpaired) electrons. The van der Waals surface area contributed by atoms with Gasteiger partial charge in [-0.1, -0.05) is 167 Å². The number of unbranched alkanes of at least 4 members (excludes halogenated alkanes) is 25. The summed E-state index contributed by atoms with van der Waals surface area (Å²) in [5.74, 6) is -0.398. The number of rotatable bonds is 40. The fourth-order valence-electron chi connectivity index (χ4n) is 7.14. The van der Waals surface area contributed by atoms with Crippen LogP contribution in [0, 0.1) is 0 Å². The number of esters is 1. The lowest BCUT2D eigenvalue weighted by molar-refractivity contribution is -0.301. The van der Waals surface area contributed by atoms with E-state index in [9.17, 15) is 28.5 Å². The van der Waals surface area contributed by atoms with Crippen LogP contribution < -0.4 is 0 Å². The van der Waals surface area contributed by atoms with Crippen molar-refractivity contribution >= 4 is 16.4 Å². The fourth-order valence-corrected chi connectivity index (χ4v) is 7.65. The summed E-state index contributed by atoms with van der Waals surface area (Å²) in [4.78, 5) is 12.8. The summed E-state index contributed by atoms with van der Waals surface area (Å²) in [7, 11) is -5.06. The van der Waals surface area contributed by atoms with Gasteiger partial charge in [0.1, 0.15) is 30.5 Å². The molecule has 0 bridgehead atoms. The molecular weight excluding hydrogens is 753 g/mol. The predicted molar refractivity (Wildman–Crippen MR) is 225 cm³/mol. The Balaban J connectivity index is 2.42. The van der Waals surface area contributed by atoms with Gasteiger partial charge in [0.15, 0.2) is 6.29 Å². The average Bonchev–Trinajstić information content (AvgIpc) is 3.18. The van der Waals surface area contributed by atoms with Crippen molar-refractivity contribution in [2.45, 2.75) is 237 Å². The number of allylic oxidation sites excluding steroid dienone is 2. The molecule has 1 rings (SSSR count). The van der Waals surface area contributed by atoms with Gasteiger partial charge in [-0.15, -0.1) is 0 Å². The smallest absolute Gasteiger partial charge is 0.397 e. The minimum absolute atomic E-state index is 0.0371. The highest BCUT2D eigenvalue weighted by Crippen LogP contribution is 2.26.